The molecule has 1 aliphatic carbocycles. The number of amides is 3. The van der Waals surface area contributed by atoms with Crippen LogP contribution in [0.2, 0.25) is 10.2 Å². The van der Waals surface area contributed by atoms with Crippen molar-refractivity contribution in [2.45, 2.75) is 18.9 Å². The van der Waals surface area contributed by atoms with Crippen LogP contribution in [0.15, 0.2) is 42.9 Å². The molecule has 3 N–H and O–H groups in total. The van der Waals surface area contributed by atoms with Crippen LogP contribution in [0.25, 0.3) is 10.9 Å². The van der Waals surface area contributed by atoms with Crippen LogP contribution >= 0.6 is 23.2 Å². The van der Waals surface area contributed by atoms with Gasteiger partial charge in [0.2, 0.25) is 0 Å². The number of benzene rings is 2. The Labute approximate surface area is 229 Å². The zero-order valence-corrected chi connectivity index (χ0v) is 21.5. The Hall–Kier alpha value is -4.29. The summed E-state index contributed by atoms with van der Waals surface area (Å²) in [6.07, 6.45) is 4.21. The number of urea groups is 1. The molecule has 0 unspecified atom stereocenters. The van der Waals surface area contributed by atoms with E-state index in [0.29, 0.717) is 5.52 Å². The van der Waals surface area contributed by atoms with Crippen molar-refractivity contribution < 1.29 is 27.8 Å². The molecule has 0 radical (unpaired) electrons. The van der Waals surface area contributed by atoms with Gasteiger partial charge in [-0.3, -0.25) is 9.78 Å². The molecular formula is C25H18Cl2F2N6O4. The predicted molar refractivity (Wildman–Crippen MR) is 140 cm³/mol. The lowest BCUT2D eigenvalue weighted by molar-refractivity contribution is 0.102. The molecule has 5 rings (SSSR count). The van der Waals surface area contributed by atoms with E-state index < -0.39 is 34.3 Å². The van der Waals surface area contributed by atoms with E-state index in [0.717, 1.165) is 18.9 Å². The molecule has 0 spiro atoms. The second-order valence-corrected chi connectivity index (χ2v) is 9.16. The summed E-state index contributed by atoms with van der Waals surface area (Å²) >= 11 is 11.9. The van der Waals surface area contributed by atoms with Crippen molar-refractivity contribution in [2.24, 2.45) is 0 Å². The van der Waals surface area contributed by atoms with Crippen LogP contribution in [0.4, 0.5) is 25.1 Å². The third-order valence-electron chi connectivity index (χ3n) is 5.63. The van der Waals surface area contributed by atoms with Crippen molar-refractivity contribution in [1.29, 1.82) is 0 Å². The fraction of sp³-hybridized carbons (Fsp3) is 0.160. The highest BCUT2D eigenvalue weighted by Crippen LogP contribution is 2.39. The molecule has 1 aliphatic rings. The van der Waals surface area contributed by atoms with E-state index in [-0.39, 0.29) is 45.1 Å². The van der Waals surface area contributed by atoms with Gasteiger partial charge in [0.05, 0.1) is 23.9 Å². The highest BCUT2D eigenvalue weighted by Gasteiger charge is 2.26. The van der Waals surface area contributed by atoms with Crippen molar-refractivity contribution in [2.75, 3.05) is 17.7 Å². The summed E-state index contributed by atoms with van der Waals surface area (Å²) < 4.78 is 41.1. The second kappa shape index (κ2) is 10.8. The predicted octanol–water partition coefficient (Wildman–Crippen LogP) is 5.95. The number of rotatable bonds is 7. The van der Waals surface area contributed by atoms with Gasteiger partial charge in [-0.15, -0.1) is 0 Å². The Bertz CT molecular complexity index is 1620. The Morgan fingerprint density at radius 2 is 1.82 bits per heavy atom. The first-order valence-electron chi connectivity index (χ1n) is 11.4. The zero-order chi connectivity index (χ0) is 27.7. The van der Waals surface area contributed by atoms with Gasteiger partial charge in [-0.1, -0.05) is 23.2 Å². The van der Waals surface area contributed by atoms with Gasteiger partial charge in [0.1, 0.15) is 33.8 Å². The molecule has 1 fully saturated rings. The molecule has 4 aromatic rings. The van der Waals surface area contributed by atoms with Crippen molar-refractivity contribution in [3.8, 4) is 17.2 Å². The molecule has 0 atom stereocenters. The maximum atomic E-state index is 15.1. The number of fused-ring (bicyclic) bond motifs is 1. The standard InChI is InChI=1S/C25H18Cl2F2N6O4/c1-38-18-8-15-12(6-13(18)24(36)35-20-9-19(26)31-10-32-20)17(4-5-30-15)39-23-14(28)7-16(21(27)22(23)29)34-25(37)33-11-2-3-11/h4-11H,2-3H2,1H3,(H2,33,34,37)(H,31,32,35,36). The fourth-order valence-electron chi connectivity index (χ4n) is 3.61. The third-order valence-corrected chi connectivity index (χ3v) is 6.21. The molecule has 3 amide bonds. The summed E-state index contributed by atoms with van der Waals surface area (Å²) in [5.41, 5.74) is 0.107. The Morgan fingerprint density at radius 1 is 1.03 bits per heavy atom. The van der Waals surface area contributed by atoms with Crippen molar-refractivity contribution in [1.82, 2.24) is 20.3 Å². The number of nitrogens with one attached hydrogen (secondary N) is 3. The van der Waals surface area contributed by atoms with Gasteiger partial charge in [0.15, 0.2) is 17.4 Å². The van der Waals surface area contributed by atoms with Crippen LogP contribution in [0, 0.1) is 11.6 Å². The number of aromatic nitrogens is 3. The van der Waals surface area contributed by atoms with E-state index in [9.17, 15) is 14.0 Å². The molecule has 200 valence electrons. The van der Waals surface area contributed by atoms with Gasteiger partial charge in [0, 0.05) is 35.8 Å². The lowest BCUT2D eigenvalue weighted by Crippen LogP contribution is -2.30. The largest absolute Gasteiger partial charge is 0.496 e. The summed E-state index contributed by atoms with van der Waals surface area (Å²) in [5, 5.41) is 7.37. The Balaban J connectivity index is 1.48. The molecule has 14 heteroatoms. The number of pyridine rings is 1. The third kappa shape index (κ3) is 5.76. The Kier molecular flexibility index (Phi) is 7.31. The van der Waals surface area contributed by atoms with E-state index in [4.69, 9.17) is 32.7 Å². The maximum Gasteiger partial charge on any atom is 0.319 e. The summed E-state index contributed by atoms with van der Waals surface area (Å²) in [5.74, 6) is -3.47. The molecule has 0 saturated heterocycles. The van der Waals surface area contributed by atoms with Crippen molar-refractivity contribution in [3.63, 3.8) is 0 Å². The minimum atomic E-state index is -1.23. The molecule has 0 bridgehead atoms. The first kappa shape index (κ1) is 26.3. The summed E-state index contributed by atoms with van der Waals surface area (Å²) in [6.45, 7) is 0. The molecule has 0 aliphatic heterocycles. The highest BCUT2D eigenvalue weighted by molar-refractivity contribution is 6.34. The number of ether oxygens (including phenoxy) is 2. The van der Waals surface area contributed by atoms with Gasteiger partial charge >= 0.3 is 6.03 Å². The number of carbonyl (C=O) groups excluding carboxylic acids is 2. The second-order valence-electron chi connectivity index (χ2n) is 8.40. The number of anilines is 2. The van der Waals surface area contributed by atoms with E-state index >= 15 is 4.39 Å². The van der Waals surface area contributed by atoms with Gasteiger partial charge in [-0.25, -0.2) is 23.5 Å². The average Bonchev–Trinajstić information content (AvgIpc) is 3.72. The van der Waals surface area contributed by atoms with Crippen molar-refractivity contribution in [3.05, 3.63) is 70.2 Å². The first-order valence-corrected chi connectivity index (χ1v) is 12.2. The van der Waals surface area contributed by atoms with Gasteiger partial charge in [0.25, 0.3) is 5.91 Å². The van der Waals surface area contributed by atoms with Crippen LogP contribution in [-0.2, 0) is 0 Å². The van der Waals surface area contributed by atoms with Crippen molar-refractivity contribution >= 4 is 57.5 Å². The van der Waals surface area contributed by atoms with Gasteiger partial charge < -0.3 is 25.4 Å². The number of carbonyl (C=O) groups is 2. The van der Waals surface area contributed by atoms with Gasteiger partial charge in [-0.05, 0) is 25.0 Å². The molecule has 10 nitrogen and oxygen atoms in total. The van der Waals surface area contributed by atoms with E-state index in [1.165, 1.54) is 43.9 Å². The zero-order valence-electron chi connectivity index (χ0n) is 20.0. The average molecular weight is 575 g/mol. The normalized spacial score (nSPS) is 12.6. The number of hydrogen-bond donors (Lipinski definition) is 3. The van der Waals surface area contributed by atoms with Gasteiger partial charge in [-0.2, -0.15) is 0 Å². The van der Waals surface area contributed by atoms with Crippen LogP contribution in [-0.4, -0.2) is 40.0 Å². The van der Waals surface area contributed by atoms with E-state index in [2.05, 4.69) is 30.9 Å². The molecule has 39 heavy (non-hydrogen) atoms. The molecule has 1 saturated carbocycles. The lowest BCUT2D eigenvalue weighted by atomic mass is 10.1. The summed E-state index contributed by atoms with van der Waals surface area (Å²) in [7, 11) is 1.37. The number of hydrogen-bond acceptors (Lipinski definition) is 7. The molecule has 2 aromatic carbocycles. The summed E-state index contributed by atoms with van der Waals surface area (Å²) in [6, 6.07) is 5.83. The van der Waals surface area contributed by atoms with Crippen LogP contribution < -0.4 is 25.4 Å². The molecule has 2 heterocycles. The monoisotopic (exact) mass is 574 g/mol. The quantitative estimate of drug-likeness (QED) is 0.184. The minimum absolute atomic E-state index is 0.0252. The number of halogens is 4. The smallest absolute Gasteiger partial charge is 0.319 e. The minimum Gasteiger partial charge on any atom is -0.496 e. The summed E-state index contributed by atoms with van der Waals surface area (Å²) in [4.78, 5) is 37.0. The SMILES string of the molecule is COc1cc2nccc(Oc3c(F)cc(NC(=O)NC4CC4)c(Cl)c3F)c2cc1C(=O)Nc1cc(Cl)ncn1. The fourth-order valence-corrected chi connectivity index (χ4v) is 3.95. The number of methoxy groups -OCH3 is 1. The van der Waals surface area contributed by atoms with Crippen LogP contribution in [0.3, 0.4) is 0 Å². The lowest BCUT2D eigenvalue weighted by Gasteiger charge is -2.15. The van der Waals surface area contributed by atoms with Crippen LogP contribution in [0.1, 0.15) is 23.2 Å². The first-order chi connectivity index (χ1) is 18.7. The van der Waals surface area contributed by atoms with E-state index in [1.807, 2.05) is 0 Å². The Morgan fingerprint density at radius 3 is 2.54 bits per heavy atom. The maximum absolute atomic E-state index is 15.1. The topological polar surface area (TPSA) is 127 Å². The van der Waals surface area contributed by atoms with Crippen LogP contribution in [0.5, 0.6) is 17.2 Å². The molecular weight excluding hydrogens is 557 g/mol. The highest BCUT2D eigenvalue weighted by atomic mass is 35.5. The van der Waals surface area contributed by atoms with E-state index in [1.54, 1.807) is 0 Å². The molecule has 2 aromatic heterocycles. The number of nitrogens with zero attached hydrogens (tertiary/aromatic N) is 3.